The van der Waals surface area contributed by atoms with Gasteiger partial charge in [-0.1, -0.05) is 0 Å². The molecule has 0 atom stereocenters. The third-order valence-electron chi connectivity index (χ3n) is 3.94. The lowest BCUT2D eigenvalue weighted by molar-refractivity contribution is 0.515. The third kappa shape index (κ3) is 2.25. The first-order valence-electron chi connectivity index (χ1n) is 7.69. The summed E-state index contributed by atoms with van der Waals surface area (Å²) in [5.74, 6) is 4.47. The Morgan fingerprint density at radius 2 is 1.04 bits per heavy atom. The molecular weight excluding hydrogens is 302 g/mol. The molecule has 1 aliphatic heterocycles. The van der Waals surface area contributed by atoms with E-state index < -0.39 is 0 Å². The number of rotatable bonds is 0. The van der Waals surface area contributed by atoms with Gasteiger partial charge in [0.1, 0.15) is 17.3 Å². The molecule has 5 rings (SSSR count). The molecule has 116 valence electrons. The van der Waals surface area contributed by atoms with Crippen molar-refractivity contribution in [2.75, 3.05) is 0 Å². The van der Waals surface area contributed by atoms with Crippen LogP contribution < -0.4 is 0 Å². The minimum Gasteiger partial charge on any atom is -0.455 e. The smallest absolute Gasteiger partial charge is 0.170 e. The van der Waals surface area contributed by atoms with Crippen LogP contribution in [-0.4, -0.2) is 4.98 Å². The second kappa shape index (κ2) is 5.06. The zero-order valence-electron chi connectivity index (χ0n) is 12.7. The van der Waals surface area contributed by atoms with Gasteiger partial charge in [0.2, 0.25) is 0 Å². The Kier molecular flexibility index (Phi) is 2.76. The predicted molar refractivity (Wildman–Crippen MR) is 92.8 cm³/mol. The summed E-state index contributed by atoms with van der Waals surface area (Å²) in [6, 6.07) is 15.5. The van der Waals surface area contributed by atoms with Crippen molar-refractivity contribution < 1.29 is 13.3 Å². The van der Waals surface area contributed by atoms with Crippen LogP contribution in [0, 0.1) is 0 Å². The largest absolute Gasteiger partial charge is 0.455 e. The molecule has 0 aromatic carbocycles. The van der Waals surface area contributed by atoms with Gasteiger partial charge in [-0.05, 0) is 72.8 Å². The molecule has 5 heterocycles. The van der Waals surface area contributed by atoms with Crippen LogP contribution in [-0.2, 0) is 0 Å². The minimum atomic E-state index is 0.698. The highest BCUT2D eigenvalue weighted by Gasteiger charge is 2.09. The number of aromatic amines is 1. The number of nitrogens with one attached hydrogen (secondary N) is 1. The summed E-state index contributed by atoms with van der Waals surface area (Å²) in [5.41, 5.74) is 1.91. The molecule has 4 aromatic heterocycles. The van der Waals surface area contributed by atoms with Crippen LogP contribution >= 0.6 is 0 Å². The van der Waals surface area contributed by atoms with Crippen molar-refractivity contribution >= 4 is 24.3 Å². The topological polar surface area (TPSA) is 55.2 Å². The molecule has 0 aliphatic carbocycles. The van der Waals surface area contributed by atoms with Crippen LogP contribution in [0.3, 0.4) is 0 Å². The van der Waals surface area contributed by atoms with Gasteiger partial charge in [-0.3, -0.25) is 0 Å². The maximum absolute atomic E-state index is 5.85. The fourth-order valence-corrected chi connectivity index (χ4v) is 2.73. The van der Waals surface area contributed by atoms with E-state index in [1.54, 1.807) is 0 Å². The lowest BCUT2D eigenvalue weighted by Gasteiger charge is -1.93. The Bertz CT molecular complexity index is 897. The number of hydrogen-bond acceptors (Lipinski definition) is 3. The summed E-state index contributed by atoms with van der Waals surface area (Å²) in [6.45, 7) is 0. The van der Waals surface area contributed by atoms with E-state index in [2.05, 4.69) is 4.98 Å². The van der Waals surface area contributed by atoms with E-state index in [1.165, 1.54) is 0 Å². The molecule has 1 N–H and O–H groups in total. The average molecular weight is 315 g/mol. The van der Waals surface area contributed by atoms with Crippen molar-refractivity contribution in [2.45, 2.75) is 0 Å². The first-order chi connectivity index (χ1) is 11.8. The van der Waals surface area contributed by atoms with Gasteiger partial charge in [-0.2, -0.15) is 0 Å². The Balaban J connectivity index is 1.66. The molecule has 0 saturated carbocycles. The quantitative estimate of drug-likeness (QED) is 0.394. The van der Waals surface area contributed by atoms with Crippen LogP contribution in [0.4, 0.5) is 0 Å². The van der Waals surface area contributed by atoms with E-state index in [1.807, 2.05) is 72.8 Å². The average Bonchev–Trinajstić information content (AvgIpc) is 3.37. The number of furan rings is 3. The highest BCUT2D eigenvalue weighted by atomic mass is 16.4. The maximum atomic E-state index is 5.85. The number of H-pyrrole nitrogens is 1. The first-order valence-corrected chi connectivity index (χ1v) is 7.69. The second-order valence-corrected chi connectivity index (χ2v) is 5.60. The molecule has 4 heteroatoms. The lowest BCUT2D eigenvalue weighted by Crippen LogP contribution is -1.74. The molecule has 0 saturated heterocycles. The molecule has 8 bridgehead atoms. The van der Waals surface area contributed by atoms with Crippen molar-refractivity contribution in [1.82, 2.24) is 4.98 Å². The number of fused-ring (bicyclic) bond motifs is 10. The van der Waals surface area contributed by atoms with Gasteiger partial charge in [-0.15, -0.1) is 0 Å². The monoisotopic (exact) mass is 315 g/mol. The van der Waals surface area contributed by atoms with Crippen molar-refractivity contribution in [3.05, 3.63) is 71.5 Å². The molecular formula is C20H13NO3. The third-order valence-corrected chi connectivity index (χ3v) is 3.94. The van der Waals surface area contributed by atoms with Gasteiger partial charge in [0.05, 0.1) is 5.69 Å². The Morgan fingerprint density at radius 3 is 1.71 bits per heavy atom. The fourth-order valence-electron chi connectivity index (χ4n) is 2.73. The van der Waals surface area contributed by atoms with E-state index >= 15 is 0 Å². The van der Waals surface area contributed by atoms with Gasteiger partial charge in [-0.25, -0.2) is 0 Å². The van der Waals surface area contributed by atoms with Crippen molar-refractivity contribution in [3.63, 3.8) is 0 Å². The minimum absolute atomic E-state index is 0.698. The molecule has 0 fully saturated rings. The van der Waals surface area contributed by atoms with Gasteiger partial charge >= 0.3 is 0 Å². The highest BCUT2D eigenvalue weighted by Crippen LogP contribution is 2.28. The predicted octanol–water partition coefficient (Wildman–Crippen LogP) is 5.78. The molecule has 0 amide bonds. The van der Waals surface area contributed by atoms with Gasteiger partial charge < -0.3 is 18.2 Å². The summed E-state index contributed by atoms with van der Waals surface area (Å²) in [7, 11) is 0. The van der Waals surface area contributed by atoms with E-state index in [4.69, 9.17) is 13.3 Å². The van der Waals surface area contributed by atoms with Gasteiger partial charge in [0, 0.05) is 5.69 Å². The van der Waals surface area contributed by atoms with Gasteiger partial charge in [0.25, 0.3) is 0 Å². The number of hydrogen-bond donors (Lipinski definition) is 1. The molecule has 0 spiro atoms. The lowest BCUT2D eigenvalue weighted by atomic mass is 10.3. The van der Waals surface area contributed by atoms with Crippen LogP contribution in [0.1, 0.15) is 23.0 Å². The summed E-state index contributed by atoms with van der Waals surface area (Å²) >= 11 is 0. The number of aromatic nitrogens is 1. The maximum Gasteiger partial charge on any atom is 0.170 e. The highest BCUT2D eigenvalue weighted by molar-refractivity contribution is 5.71. The summed E-state index contributed by atoms with van der Waals surface area (Å²) in [4.78, 5) is 3.33. The molecule has 1 aliphatic rings. The SMILES string of the molecule is C1=C\c2ccc(o2)-c2ccc(o2)/C=C\c2ccc(o2)-c2ccc/1[nH]2. The molecule has 0 radical (unpaired) electrons. The van der Waals surface area contributed by atoms with Crippen molar-refractivity contribution in [2.24, 2.45) is 0 Å². The Hall–Kier alpha value is -3.40. The van der Waals surface area contributed by atoms with Crippen LogP contribution in [0.15, 0.2) is 61.8 Å². The van der Waals surface area contributed by atoms with Crippen LogP contribution in [0.2, 0.25) is 0 Å². The molecule has 0 unspecified atom stereocenters. The molecule has 4 aromatic rings. The van der Waals surface area contributed by atoms with Crippen LogP contribution in [0.5, 0.6) is 0 Å². The zero-order valence-corrected chi connectivity index (χ0v) is 12.7. The Labute approximate surface area is 137 Å². The van der Waals surface area contributed by atoms with Gasteiger partial charge in [0.15, 0.2) is 17.3 Å². The molecule has 24 heavy (non-hydrogen) atoms. The van der Waals surface area contributed by atoms with Crippen molar-refractivity contribution in [1.29, 1.82) is 0 Å². The van der Waals surface area contributed by atoms with E-state index in [0.29, 0.717) is 11.5 Å². The summed E-state index contributed by atoms with van der Waals surface area (Å²) in [6.07, 6.45) is 7.65. The summed E-state index contributed by atoms with van der Waals surface area (Å²) in [5, 5.41) is 0. The zero-order chi connectivity index (χ0) is 15.9. The molecule has 4 nitrogen and oxygen atoms in total. The van der Waals surface area contributed by atoms with Crippen molar-refractivity contribution in [3.8, 4) is 23.0 Å². The summed E-state index contributed by atoms with van der Waals surface area (Å²) < 4.78 is 17.5. The standard InChI is InChI=1S/C20H13NO3/c1-3-14-7-11-19(23-14)20-12-8-16(24-20)5-4-15-6-10-18(22-15)17-9-2-13(1)21-17/h1-12,21H/b3-1-,5-4-,13-1?,14-3?,15-4?,16-5?,18-17?,20-19?. The van der Waals surface area contributed by atoms with E-state index in [0.717, 1.165) is 34.4 Å². The van der Waals surface area contributed by atoms with E-state index in [-0.39, 0.29) is 0 Å². The normalized spacial score (nSPS) is 15.3. The van der Waals surface area contributed by atoms with E-state index in [9.17, 15) is 0 Å². The second-order valence-electron chi connectivity index (χ2n) is 5.60. The Morgan fingerprint density at radius 1 is 0.500 bits per heavy atom. The van der Waals surface area contributed by atoms with Crippen LogP contribution in [0.25, 0.3) is 47.3 Å². The first kappa shape index (κ1) is 13.1. The fraction of sp³-hybridized carbons (Fsp3) is 0.